The zero-order valence-electron chi connectivity index (χ0n) is 10.3. The number of carbonyl (C=O) groups excluding carboxylic acids is 1. The largest absolute Gasteiger partial charge is 0.369 e. The molecule has 2 N–H and O–H groups in total. The van der Waals surface area contributed by atoms with Crippen molar-refractivity contribution in [2.24, 2.45) is 11.7 Å². The van der Waals surface area contributed by atoms with Crippen LogP contribution in [-0.4, -0.2) is 5.91 Å². The smallest absolute Gasteiger partial charge is 0.220 e. The number of hydrogen-bond donors (Lipinski definition) is 1. The van der Waals surface area contributed by atoms with Crippen molar-refractivity contribution in [3.8, 4) is 0 Å². The molecular weight excluding hydrogens is 186 g/mol. The number of hydrogen-bond acceptors (Lipinski definition) is 1. The summed E-state index contributed by atoms with van der Waals surface area (Å²) in [4.78, 5) is 10.8. The van der Waals surface area contributed by atoms with Gasteiger partial charge in [-0.15, -0.1) is 0 Å². The molecule has 0 aliphatic heterocycles. The highest BCUT2D eigenvalue weighted by Crippen LogP contribution is 2.12. The van der Waals surface area contributed by atoms with Crippen molar-refractivity contribution < 1.29 is 4.79 Å². The molecule has 0 saturated heterocycles. The van der Waals surface area contributed by atoms with Gasteiger partial charge in [0.05, 0.1) is 0 Å². The highest BCUT2D eigenvalue weighted by atomic mass is 16.1. The maximum Gasteiger partial charge on any atom is 0.220 e. The second kappa shape index (κ2) is 10.8. The number of nitrogens with two attached hydrogens (primary N) is 1. The number of amides is 1. The second-order valence-corrected chi connectivity index (χ2v) is 2.98. The minimum absolute atomic E-state index is 0.123. The van der Waals surface area contributed by atoms with Gasteiger partial charge in [-0.2, -0.15) is 0 Å². The fraction of sp³-hybridized carbons (Fsp3) is 0.462. The Morgan fingerprint density at radius 1 is 1.47 bits per heavy atom. The number of primary amides is 1. The van der Waals surface area contributed by atoms with Gasteiger partial charge in [-0.1, -0.05) is 51.7 Å². The minimum atomic E-state index is -0.264. The fourth-order valence-electron chi connectivity index (χ4n) is 1.01. The van der Waals surface area contributed by atoms with Crippen LogP contribution >= 0.6 is 0 Å². The van der Waals surface area contributed by atoms with E-state index in [1.165, 1.54) is 0 Å². The van der Waals surface area contributed by atoms with Crippen LogP contribution in [0.25, 0.3) is 0 Å². The van der Waals surface area contributed by atoms with Crippen LogP contribution in [0.15, 0.2) is 36.5 Å². The Kier molecular flexibility index (Phi) is 11.6. The molecule has 0 saturated carbocycles. The van der Waals surface area contributed by atoms with Gasteiger partial charge in [0.1, 0.15) is 0 Å². The number of rotatable bonds is 5. The maximum atomic E-state index is 10.8. The molecule has 0 aromatic heterocycles. The zero-order chi connectivity index (χ0) is 12.3. The van der Waals surface area contributed by atoms with E-state index >= 15 is 0 Å². The first-order chi connectivity index (χ1) is 7.11. The van der Waals surface area contributed by atoms with Crippen molar-refractivity contribution in [3.05, 3.63) is 36.5 Å². The monoisotopic (exact) mass is 209 g/mol. The summed E-state index contributed by atoms with van der Waals surface area (Å²) in [7, 11) is 0. The van der Waals surface area contributed by atoms with E-state index in [1.807, 2.05) is 45.9 Å². The number of allylic oxidation sites excluding steroid dienone is 5. The van der Waals surface area contributed by atoms with E-state index in [4.69, 9.17) is 5.73 Å². The molecule has 2 heteroatoms. The Morgan fingerprint density at radius 3 is 2.33 bits per heavy atom. The van der Waals surface area contributed by atoms with E-state index in [0.717, 1.165) is 5.57 Å². The Morgan fingerprint density at radius 2 is 2.00 bits per heavy atom. The first kappa shape index (κ1) is 16.1. The lowest BCUT2D eigenvalue weighted by molar-refractivity contribution is -0.121. The van der Waals surface area contributed by atoms with Gasteiger partial charge in [-0.3, -0.25) is 4.79 Å². The van der Waals surface area contributed by atoms with Crippen LogP contribution in [0.5, 0.6) is 0 Å². The molecule has 0 heterocycles. The van der Waals surface area contributed by atoms with Gasteiger partial charge in [0, 0.05) is 5.92 Å². The van der Waals surface area contributed by atoms with Crippen LogP contribution in [-0.2, 0) is 4.79 Å². The summed E-state index contributed by atoms with van der Waals surface area (Å²) in [5.74, 6) is -0.387. The van der Waals surface area contributed by atoms with Gasteiger partial charge >= 0.3 is 0 Å². The highest BCUT2D eigenvalue weighted by Gasteiger charge is 2.08. The quantitative estimate of drug-likeness (QED) is 0.694. The van der Waals surface area contributed by atoms with Crippen molar-refractivity contribution in [2.75, 3.05) is 0 Å². The van der Waals surface area contributed by atoms with E-state index in [-0.39, 0.29) is 11.8 Å². The molecule has 0 bridgehead atoms. The molecule has 0 aromatic rings. The number of carbonyl (C=O) groups is 1. The molecule has 1 atom stereocenters. The SMILES string of the molecule is C=C/C=C(\C=C/C)CC(C)C(N)=O.CC. The lowest BCUT2D eigenvalue weighted by Crippen LogP contribution is -2.20. The Bertz CT molecular complexity index is 239. The molecule has 1 amide bonds. The molecule has 0 aliphatic carbocycles. The average molecular weight is 209 g/mol. The standard InChI is InChI=1S/C11H17NO.C2H6/c1-4-6-10(7-5-2)8-9(3)11(12)13;1-2/h4-7,9H,1,8H2,2-3H3,(H2,12,13);1-2H3/b7-5-,10-6+;. The molecule has 0 spiro atoms. The van der Waals surface area contributed by atoms with E-state index in [2.05, 4.69) is 6.58 Å². The molecular formula is C13H23NO. The van der Waals surface area contributed by atoms with Gasteiger partial charge in [-0.05, 0) is 18.9 Å². The van der Waals surface area contributed by atoms with Crippen molar-refractivity contribution in [1.29, 1.82) is 0 Å². The van der Waals surface area contributed by atoms with E-state index in [1.54, 1.807) is 6.08 Å². The predicted molar refractivity (Wildman–Crippen MR) is 67.4 cm³/mol. The molecule has 0 aromatic carbocycles. The summed E-state index contributed by atoms with van der Waals surface area (Å²) in [6, 6.07) is 0. The van der Waals surface area contributed by atoms with Crippen LogP contribution in [0, 0.1) is 5.92 Å². The molecule has 0 radical (unpaired) electrons. The molecule has 1 unspecified atom stereocenters. The molecule has 15 heavy (non-hydrogen) atoms. The van der Waals surface area contributed by atoms with Crippen molar-refractivity contribution >= 4 is 5.91 Å². The van der Waals surface area contributed by atoms with Crippen LogP contribution < -0.4 is 5.73 Å². The third-order valence-electron chi connectivity index (χ3n) is 1.74. The van der Waals surface area contributed by atoms with Gasteiger partial charge in [0.25, 0.3) is 0 Å². The topological polar surface area (TPSA) is 43.1 Å². The van der Waals surface area contributed by atoms with Gasteiger partial charge in [0.2, 0.25) is 5.91 Å². The van der Waals surface area contributed by atoms with Gasteiger partial charge in [-0.25, -0.2) is 0 Å². The first-order valence-corrected chi connectivity index (χ1v) is 5.35. The van der Waals surface area contributed by atoms with Crippen molar-refractivity contribution in [3.63, 3.8) is 0 Å². The van der Waals surface area contributed by atoms with Gasteiger partial charge in [0.15, 0.2) is 0 Å². The molecule has 2 nitrogen and oxygen atoms in total. The maximum absolute atomic E-state index is 10.8. The van der Waals surface area contributed by atoms with Gasteiger partial charge < -0.3 is 5.73 Å². The average Bonchev–Trinajstić information content (AvgIpc) is 2.21. The summed E-state index contributed by atoms with van der Waals surface area (Å²) >= 11 is 0. The van der Waals surface area contributed by atoms with E-state index in [9.17, 15) is 4.79 Å². The summed E-state index contributed by atoms with van der Waals surface area (Å²) in [6.45, 7) is 11.4. The van der Waals surface area contributed by atoms with Crippen molar-refractivity contribution in [1.82, 2.24) is 0 Å². The Hall–Kier alpha value is -1.31. The molecule has 86 valence electrons. The summed E-state index contributed by atoms with van der Waals surface area (Å²) in [5, 5.41) is 0. The molecule has 0 aliphatic rings. The third kappa shape index (κ3) is 9.01. The summed E-state index contributed by atoms with van der Waals surface area (Å²) in [6.07, 6.45) is 8.17. The lowest BCUT2D eigenvalue weighted by Gasteiger charge is -2.06. The van der Waals surface area contributed by atoms with Crippen LogP contribution in [0.3, 0.4) is 0 Å². The first-order valence-electron chi connectivity index (χ1n) is 5.35. The van der Waals surface area contributed by atoms with Crippen molar-refractivity contribution in [2.45, 2.75) is 34.1 Å². The summed E-state index contributed by atoms with van der Waals surface area (Å²) < 4.78 is 0. The fourth-order valence-corrected chi connectivity index (χ4v) is 1.01. The Labute approximate surface area is 93.6 Å². The second-order valence-electron chi connectivity index (χ2n) is 2.98. The van der Waals surface area contributed by atoms with E-state index < -0.39 is 0 Å². The molecule has 0 fully saturated rings. The summed E-state index contributed by atoms with van der Waals surface area (Å²) in [5.41, 5.74) is 6.23. The van der Waals surface area contributed by atoms with Crippen LogP contribution in [0.4, 0.5) is 0 Å². The molecule has 0 rings (SSSR count). The highest BCUT2D eigenvalue weighted by molar-refractivity contribution is 5.76. The predicted octanol–water partition coefficient (Wildman–Crippen LogP) is 3.21. The lowest BCUT2D eigenvalue weighted by atomic mass is 10.00. The minimum Gasteiger partial charge on any atom is -0.369 e. The van der Waals surface area contributed by atoms with Crippen LogP contribution in [0.1, 0.15) is 34.1 Å². The zero-order valence-corrected chi connectivity index (χ0v) is 10.3. The third-order valence-corrected chi connectivity index (χ3v) is 1.74. The van der Waals surface area contributed by atoms with E-state index in [0.29, 0.717) is 6.42 Å². The Balaban J connectivity index is 0. The normalized spacial score (nSPS) is 12.9. The van der Waals surface area contributed by atoms with Crippen LogP contribution in [0.2, 0.25) is 0 Å².